The lowest BCUT2D eigenvalue weighted by atomic mass is 9.98. The molecule has 2 fully saturated rings. The van der Waals surface area contributed by atoms with Crippen molar-refractivity contribution in [3.8, 4) is 0 Å². The maximum atomic E-state index is 12.8. The molecule has 3 unspecified atom stereocenters. The normalized spacial score (nSPS) is 23.2. The van der Waals surface area contributed by atoms with E-state index in [9.17, 15) is 9.59 Å². The van der Waals surface area contributed by atoms with Crippen LogP contribution in [-0.2, 0) is 0 Å². The van der Waals surface area contributed by atoms with E-state index in [1.165, 1.54) is 11.8 Å². The number of carbonyl (C=O) groups excluding carboxylic acids is 1. The maximum Gasteiger partial charge on any atom is 0.263 e. The number of hydrazine groups is 1. The highest BCUT2D eigenvalue weighted by Crippen LogP contribution is 2.37. The van der Waals surface area contributed by atoms with E-state index in [1.807, 2.05) is 25.1 Å². The number of rotatable bonds is 5. The van der Waals surface area contributed by atoms with Gasteiger partial charge in [-0.25, -0.2) is 10.4 Å². The van der Waals surface area contributed by atoms with Gasteiger partial charge in [0.05, 0.1) is 0 Å². The number of nitrogens with zero attached hydrogens (tertiary/aromatic N) is 2. The van der Waals surface area contributed by atoms with E-state index < -0.39 is 0 Å². The highest BCUT2D eigenvalue weighted by molar-refractivity contribution is 5.93. The average Bonchev–Trinajstić information content (AvgIpc) is 3.43. The third-order valence-corrected chi connectivity index (χ3v) is 5.66. The minimum Gasteiger partial charge on any atom is -0.337 e. The van der Waals surface area contributed by atoms with Crippen molar-refractivity contribution in [1.29, 1.82) is 0 Å². The molecule has 1 aliphatic carbocycles. The predicted octanol–water partition coefficient (Wildman–Crippen LogP) is 1.72. The third-order valence-electron chi connectivity index (χ3n) is 5.66. The number of aromatic amines is 1. The smallest absolute Gasteiger partial charge is 0.263 e. The fraction of sp³-hybridized carbons (Fsp3) is 0.450. The number of hydrogen-bond donors (Lipinski definition) is 3. The van der Waals surface area contributed by atoms with Gasteiger partial charge in [0, 0.05) is 37.3 Å². The molecule has 1 saturated heterocycles. The van der Waals surface area contributed by atoms with Crippen LogP contribution in [0.5, 0.6) is 0 Å². The summed E-state index contributed by atoms with van der Waals surface area (Å²) in [5.41, 5.74) is 7.56. The number of nitrogens with one attached hydrogen (secondary N) is 3. The van der Waals surface area contributed by atoms with Crippen molar-refractivity contribution in [1.82, 2.24) is 25.7 Å². The highest BCUT2D eigenvalue weighted by atomic mass is 16.2. The summed E-state index contributed by atoms with van der Waals surface area (Å²) < 4.78 is 0. The number of amides is 1. The predicted molar refractivity (Wildman–Crippen MR) is 102 cm³/mol. The monoisotopic (exact) mass is 367 g/mol. The number of benzene rings is 1. The molecule has 3 N–H and O–H groups in total. The van der Waals surface area contributed by atoms with Gasteiger partial charge in [-0.3, -0.25) is 15.0 Å². The molecule has 0 spiro atoms. The lowest BCUT2D eigenvalue weighted by molar-refractivity contribution is 0.0713. The van der Waals surface area contributed by atoms with Crippen LogP contribution < -0.4 is 16.4 Å². The third kappa shape index (κ3) is 3.65. The Hall–Kier alpha value is -2.51. The highest BCUT2D eigenvalue weighted by Gasteiger charge is 2.33. The van der Waals surface area contributed by atoms with Gasteiger partial charge in [-0.1, -0.05) is 30.3 Å². The summed E-state index contributed by atoms with van der Waals surface area (Å²) in [7, 11) is 1.73. The van der Waals surface area contributed by atoms with E-state index in [0.717, 1.165) is 19.3 Å². The van der Waals surface area contributed by atoms with Crippen LogP contribution in [0.25, 0.3) is 0 Å². The fourth-order valence-corrected chi connectivity index (χ4v) is 3.57. The minimum absolute atomic E-state index is 0.0822. The first-order valence-electron chi connectivity index (χ1n) is 9.47. The molecular weight excluding hydrogens is 342 g/mol. The summed E-state index contributed by atoms with van der Waals surface area (Å²) in [6, 6.07) is 10.4. The molecule has 2 heterocycles. The number of likely N-dealkylation sites (N-methyl/N-ethyl adjacent to an activating group) is 1. The molecule has 1 aromatic carbocycles. The molecule has 3 atom stereocenters. The van der Waals surface area contributed by atoms with Crippen LogP contribution in [0.3, 0.4) is 0 Å². The Morgan fingerprint density at radius 3 is 2.63 bits per heavy atom. The topological polar surface area (TPSA) is 90.1 Å². The van der Waals surface area contributed by atoms with Gasteiger partial charge in [0.1, 0.15) is 11.4 Å². The molecule has 1 amide bonds. The second-order valence-electron chi connectivity index (χ2n) is 7.54. The number of hydrogen-bond acceptors (Lipinski definition) is 5. The molecule has 7 heteroatoms. The molecule has 0 bridgehead atoms. The van der Waals surface area contributed by atoms with E-state index in [1.54, 1.807) is 11.9 Å². The lowest BCUT2D eigenvalue weighted by Crippen LogP contribution is -2.49. The Bertz CT molecular complexity index is 877. The Balaban J connectivity index is 1.43. The molecule has 0 radical (unpaired) electrons. The zero-order chi connectivity index (χ0) is 19.0. The molecule has 2 aromatic rings. The first-order valence-corrected chi connectivity index (χ1v) is 9.47. The molecule has 142 valence electrons. The largest absolute Gasteiger partial charge is 0.337 e. The average molecular weight is 367 g/mol. The van der Waals surface area contributed by atoms with E-state index in [0.29, 0.717) is 11.7 Å². The molecule has 27 heavy (non-hydrogen) atoms. The van der Waals surface area contributed by atoms with Gasteiger partial charge in [0.25, 0.3) is 11.5 Å². The summed E-state index contributed by atoms with van der Waals surface area (Å²) in [4.78, 5) is 33.8. The summed E-state index contributed by atoms with van der Waals surface area (Å²) in [5.74, 6) is 0.741. The Labute approximate surface area is 158 Å². The van der Waals surface area contributed by atoms with Crippen molar-refractivity contribution in [2.45, 2.75) is 50.2 Å². The Morgan fingerprint density at radius 1 is 1.22 bits per heavy atom. The number of carbonyl (C=O) groups is 1. The molecule has 7 nitrogen and oxygen atoms in total. The lowest BCUT2D eigenvalue weighted by Gasteiger charge is -2.29. The van der Waals surface area contributed by atoms with Crippen molar-refractivity contribution in [3.63, 3.8) is 0 Å². The van der Waals surface area contributed by atoms with E-state index >= 15 is 0 Å². The Kier molecular flexibility index (Phi) is 4.80. The van der Waals surface area contributed by atoms with Gasteiger partial charge in [0.2, 0.25) is 0 Å². The SMILES string of the molecule is CC(C1CC(c2ccccc2)NN1)N(C)C(=O)c1cnc(C2CC2)[nH]c1=O. The van der Waals surface area contributed by atoms with E-state index in [-0.39, 0.29) is 35.2 Å². The molecule has 1 aromatic heterocycles. The second kappa shape index (κ2) is 7.25. The van der Waals surface area contributed by atoms with Gasteiger partial charge >= 0.3 is 0 Å². The van der Waals surface area contributed by atoms with Gasteiger partial charge < -0.3 is 9.88 Å². The van der Waals surface area contributed by atoms with Crippen molar-refractivity contribution in [2.75, 3.05) is 7.05 Å². The van der Waals surface area contributed by atoms with E-state index in [4.69, 9.17) is 0 Å². The molecule has 1 saturated carbocycles. The van der Waals surface area contributed by atoms with Crippen LogP contribution in [0.1, 0.15) is 59.9 Å². The summed E-state index contributed by atoms with van der Waals surface area (Å²) >= 11 is 0. The van der Waals surface area contributed by atoms with Crippen molar-refractivity contribution in [3.05, 3.63) is 63.8 Å². The Morgan fingerprint density at radius 2 is 1.96 bits per heavy atom. The van der Waals surface area contributed by atoms with E-state index in [2.05, 4.69) is 33.0 Å². The molecule has 4 rings (SSSR count). The summed E-state index contributed by atoms with van der Waals surface area (Å²) in [6.45, 7) is 1.99. The van der Waals surface area contributed by atoms with Crippen molar-refractivity contribution >= 4 is 5.91 Å². The van der Waals surface area contributed by atoms with Crippen LogP contribution in [0.4, 0.5) is 0 Å². The molecule has 2 aliphatic rings. The quantitative estimate of drug-likeness (QED) is 0.749. The second-order valence-corrected chi connectivity index (χ2v) is 7.54. The van der Waals surface area contributed by atoms with Crippen molar-refractivity contribution in [2.24, 2.45) is 0 Å². The number of aromatic nitrogens is 2. The maximum absolute atomic E-state index is 12.8. The van der Waals surface area contributed by atoms with Crippen LogP contribution in [0.2, 0.25) is 0 Å². The van der Waals surface area contributed by atoms with Crippen LogP contribution in [0, 0.1) is 0 Å². The van der Waals surface area contributed by atoms with Crippen LogP contribution in [-0.4, -0.2) is 39.9 Å². The minimum atomic E-state index is -0.351. The first-order chi connectivity index (χ1) is 13.0. The molecule has 1 aliphatic heterocycles. The first kappa shape index (κ1) is 17.9. The molecular formula is C20H25N5O2. The van der Waals surface area contributed by atoms with Crippen molar-refractivity contribution < 1.29 is 4.79 Å². The summed E-state index contributed by atoms with van der Waals surface area (Å²) in [5, 5.41) is 0. The standard InChI is InChI=1S/C20H25N5O2/c1-12(16-10-17(24-23-16)13-6-4-3-5-7-13)25(2)20(27)15-11-21-18(14-8-9-14)22-19(15)26/h3-7,11-12,14,16-17,23-24H,8-10H2,1-2H3,(H,21,22,26). The number of H-pyrrole nitrogens is 1. The van der Waals surface area contributed by atoms with Gasteiger partial charge in [-0.05, 0) is 31.7 Å². The summed E-state index contributed by atoms with van der Waals surface area (Å²) in [6.07, 6.45) is 4.38. The van der Waals surface area contributed by atoms with Crippen LogP contribution in [0.15, 0.2) is 41.3 Å². The zero-order valence-corrected chi connectivity index (χ0v) is 15.6. The van der Waals surface area contributed by atoms with Gasteiger partial charge in [-0.15, -0.1) is 0 Å². The van der Waals surface area contributed by atoms with Crippen LogP contribution >= 0.6 is 0 Å². The fourth-order valence-electron chi connectivity index (χ4n) is 3.57. The zero-order valence-electron chi connectivity index (χ0n) is 15.6. The van der Waals surface area contributed by atoms with Gasteiger partial charge in [0.15, 0.2) is 0 Å². The van der Waals surface area contributed by atoms with Gasteiger partial charge in [-0.2, -0.15) is 0 Å².